The van der Waals surface area contributed by atoms with Gasteiger partial charge in [0.25, 0.3) is 0 Å². The van der Waals surface area contributed by atoms with Gasteiger partial charge < -0.3 is 14.8 Å². The molecule has 0 aromatic carbocycles. The summed E-state index contributed by atoms with van der Waals surface area (Å²) < 4.78 is 31.6. The van der Waals surface area contributed by atoms with E-state index in [1.807, 2.05) is 13.8 Å². The van der Waals surface area contributed by atoms with E-state index in [1.54, 1.807) is 4.90 Å². The van der Waals surface area contributed by atoms with Gasteiger partial charge in [0.2, 0.25) is 0 Å². The predicted molar refractivity (Wildman–Crippen MR) is 63.6 cm³/mol. The normalized spacial score (nSPS) is 15.2. The Morgan fingerprint density at radius 3 is 1.78 bits per heavy atom. The molecule has 0 bridgehead atoms. The van der Waals surface area contributed by atoms with Gasteiger partial charge in [-0.1, -0.05) is 13.8 Å². The van der Waals surface area contributed by atoms with Gasteiger partial charge in [0, 0.05) is 19.6 Å². The fourth-order valence-electron chi connectivity index (χ4n) is 1.35. The largest absolute Gasteiger partial charge is 1.00 e. The zero-order chi connectivity index (χ0) is 13.5. The van der Waals surface area contributed by atoms with Gasteiger partial charge in [-0.2, -0.15) is 0 Å². The number of aliphatic hydroxyl groups excluding tert-OH is 2. The van der Waals surface area contributed by atoms with Crippen LogP contribution in [0.5, 0.6) is 0 Å². The van der Waals surface area contributed by atoms with Crippen molar-refractivity contribution >= 4 is 10.1 Å². The Morgan fingerprint density at radius 2 is 1.50 bits per heavy atom. The first-order valence-electron chi connectivity index (χ1n) is 5.80. The molecule has 104 valence electrons. The van der Waals surface area contributed by atoms with Crippen LogP contribution in [0.15, 0.2) is 0 Å². The molecule has 8 heteroatoms. The summed E-state index contributed by atoms with van der Waals surface area (Å²) in [5, 5.41) is 19.0. The molecule has 2 atom stereocenters. The van der Waals surface area contributed by atoms with Crippen LogP contribution in [0.25, 0.3) is 0 Å². The average molecular weight is 291 g/mol. The molecule has 0 heterocycles. The second-order valence-corrected chi connectivity index (χ2v) is 5.67. The van der Waals surface area contributed by atoms with Gasteiger partial charge in [-0.15, -0.1) is 0 Å². The quantitative estimate of drug-likeness (QED) is 0.336. The molecule has 0 saturated heterocycles. The van der Waals surface area contributed by atoms with Crippen LogP contribution in [-0.2, 0) is 10.1 Å². The first kappa shape index (κ1) is 21.1. The minimum Gasteiger partial charge on any atom is -0.748 e. The zero-order valence-electron chi connectivity index (χ0n) is 11.4. The Bertz CT molecular complexity index is 287. The van der Waals surface area contributed by atoms with Crippen molar-refractivity contribution < 1.29 is 52.7 Å². The maximum atomic E-state index is 10.5. The number of hydrogen-bond donors (Lipinski definition) is 2. The molecule has 0 saturated carbocycles. The number of aliphatic hydroxyl groups is 2. The number of rotatable bonds is 9. The molecule has 0 fully saturated rings. The molecule has 0 amide bonds. The van der Waals surface area contributed by atoms with Crippen LogP contribution >= 0.6 is 0 Å². The fourth-order valence-corrected chi connectivity index (χ4v) is 1.83. The Morgan fingerprint density at radius 1 is 1.11 bits per heavy atom. The Kier molecular flexibility index (Phi) is 12.4. The standard InChI is InChI=1S/C10H23NO5S.Na/c1-3-9(12)7-11(8-10(13)4-2)5-6-17(14,15)16;/h9-10,12-13H,3-8H2,1-2H3,(H,14,15,16);/q;+1/p-1. The molecule has 0 aromatic rings. The molecular formula is C10H22NNaO5S. The van der Waals surface area contributed by atoms with E-state index in [0.29, 0.717) is 12.8 Å². The average Bonchev–Trinajstić information content (AvgIpc) is 2.24. The minimum atomic E-state index is -4.26. The van der Waals surface area contributed by atoms with Gasteiger partial charge in [-0.05, 0) is 12.8 Å². The van der Waals surface area contributed by atoms with Crippen molar-refractivity contribution in [1.29, 1.82) is 0 Å². The van der Waals surface area contributed by atoms with Gasteiger partial charge in [-0.25, -0.2) is 8.42 Å². The van der Waals surface area contributed by atoms with E-state index in [9.17, 15) is 23.2 Å². The van der Waals surface area contributed by atoms with Gasteiger partial charge >= 0.3 is 29.6 Å². The van der Waals surface area contributed by atoms with Crippen LogP contribution in [0.3, 0.4) is 0 Å². The molecule has 18 heavy (non-hydrogen) atoms. The van der Waals surface area contributed by atoms with Crippen molar-refractivity contribution in [1.82, 2.24) is 4.90 Å². The summed E-state index contributed by atoms with van der Waals surface area (Å²) in [6.07, 6.45) is -0.0621. The minimum absolute atomic E-state index is 0. The van der Waals surface area contributed by atoms with Crippen LogP contribution in [0.2, 0.25) is 0 Å². The third kappa shape index (κ3) is 11.9. The summed E-state index contributed by atoms with van der Waals surface area (Å²) in [5.41, 5.74) is 0. The number of hydrogen-bond acceptors (Lipinski definition) is 6. The van der Waals surface area contributed by atoms with Gasteiger partial charge in [-0.3, -0.25) is 4.90 Å². The second-order valence-electron chi connectivity index (χ2n) is 4.15. The van der Waals surface area contributed by atoms with E-state index >= 15 is 0 Å². The molecule has 6 nitrogen and oxygen atoms in total. The van der Waals surface area contributed by atoms with E-state index in [4.69, 9.17) is 0 Å². The maximum absolute atomic E-state index is 10.5. The molecule has 0 aliphatic rings. The van der Waals surface area contributed by atoms with Gasteiger partial charge in [0.1, 0.15) is 0 Å². The monoisotopic (exact) mass is 291 g/mol. The molecule has 2 unspecified atom stereocenters. The van der Waals surface area contributed by atoms with Crippen LogP contribution in [0, 0.1) is 0 Å². The van der Waals surface area contributed by atoms with Crippen LogP contribution in [0.4, 0.5) is 0 Å². The summed E-state index contributed by atoms with van der Waals surface area (Å²) in [5.74, 6) is -0.500. The summed E-state index contributed by atoms with van der Waals surface area (Å²) in [7, 11) is -4.26. The van der Waals surface area contributed by atoms with Crippen molar-refractivity contribution in [3.8, 4) is 0 Å². The molecule has 0 spiro atoms. The van der Waals surface area contributed by atoms with E-state index in [1.165, 1.54) is 0 Å². The third-order valence-electron chi connectivity index (χ3n) is 2.54. The van der Waals surface area contributed by atoms with Crippen molar-refractivity contribution in [3.63, 3.8) is 0 Å². The van der Waals surface area contributed by atoms with Crippen molar-refractivity contribution in [2.75, 3.05) is 25.4 Å². The maximum Gasteiger partial charge on any atom is 1.00 e. The van der Waals surface area contributed by atoms with E-state index < -0.39 is 28.1 Å². The fraction of sp³-hybridized carbons (Fsp3) is 1.00. The Labute approximate surface area is 131 Å². The summed E-state index contributed by atoms with van der Waals surface area (Å²) in [6, 6.07) is 0. The molecule has 0 radical (unpaired) electrons. The summed E-state index contributed by atoms with van der Waals surface area (Å²) in [6.45, 7) is 4.19. The van der Waals surface area contributed by atoms with Crippen LogP contribution < -0.4 is 29.6 Å². The Hall–Kier alpha value is 0.790. The first-order chi connectivity index (χ1) is 7.78. The molecule has 0 rings (SSSR count). The van der Waals surface area contributed by atoms with E-state index in [0.717, 1.165) is 0 Å². The predicted octanol–water partition coefficient (Wildman–Crippen LogP) is -3.62. The van der Waals surface area contributed by atoms with Crippen molar-refractivity contribution in [2.24, 2.45) is 0 Å². The molecule has 0 aliphatic heterocycles. The van der Waals surface area contributed by atoms with Crippen LogP contribution in [-0.4, -0.2) is 65.7 Å². The third-order valence-corrected chi connectivity index (χ3v) is 3.22. The molecule has 0 aliphatic carbocycles. The zero-order valence-corrected chi connectivity index (χ0v) is 14.2. The van der Waals surface area contributed by atoms with E-state index in [2.05, 4.69) is 0 Å². The Balaban J connectivity index is 0. The summed E-state index contributed by atoms with van der Waals surface area (Å²) >= 11 is 0. The van der Waals surface area contributed by atoms with Gasteiger partial charge in [0.15, 0.2) is 0 Å². The van der Waals surface area contributed by atoms with Gasteiger partial charge in [0.05, 0.1) is 28.1 Å². The summed E-state index contributed by atoms with van der Waals surface area (Å²) in [4.78, 5) is 1.61. The molecule has 2 N–H and O–H groups in total. The molecule has 0 aromatic heterocycles. The SMILES string of the molecule is CCC(O)CN(CCS(=O)(=O)[O-])CC(O)CC.[Na+]. The van der Waals surface area contributed by atoms with Crippen molar-refractivity contribution in [3.05, 3.63) is 0 Å². The number of nitrogens with zero attached hydrogens (tertiary/aromatic N) is 1. The van der Waals surface area contributed by atoms with E-state index in [-0.39, 0.29) is 49.2 Å². The molecular weight excluding hydrogens is 269 g/mol. The smallest absolute Gasteiger partial charge is 0.748 e. The topological polar surface area (TPSA) is 101 Å². The van der Waals surface area contributed by atoms with Crippen LogP contribution in [0.1, 0.15) is 26.7 Å². The first-order valence-corrected chi connectivity index (χ1v) is 7.38. The van der Waals surface area contributed by atoms with Crippen molar-refractivity contribution in [2.45, 2.75) is 38.9 Å². The second kappa shape index (κ2) is 10.6.